The Kier molecular flexibility index (Phi) is 4.51. The lowest BCUT2D eigenvalue weighted by molar-refractivity contribution is 0.355. The van der Waals surface area contributed by atoms with Gasteiger partial charge in [0.05, 0.1) is 30.9 Å². The van der Waals surface area contributed by atoms with Gasteiger partial charge in [-0.1, -0.05) is 6.07 Å². The molecule has 0 aliphatic rings. The van der Waals surface area contributed by atoms with Crippen LogP contribution in [0.5, 0.6) is 11.8 Å². The molecule has 0 spiro atoms. The number of rotatable bonds is 4. The lowest BCUT2D eigenvalue weighted by atomic mass is 10.0. The van der Waals surface area contributed by atoms with E-state index in [1.165, 1.54) is 26.5 Å². The second kappa shape index (κ2) is 6.15. The van der Waals surface area contributed by atoms with Gasteiger partial charge in [0, 0.05) is 0 Å². The van der Waals surface area contributed by atoms with E-state index >= 15 is 0 Å². The van der Waals surface area contributed by atoms with Crippen LogP contribution in [0.25, 0.3) is 0 Å². The Morgan fingerprint density at radius 2 is 2.05 bits per heavy atom. The fourth-order valence-electron chi connectivity index (χ4n) is 1.69. The minimum Gasteiger partial charge on any atom is -0.480 e. The van der Waals surface area contributed by atoms with E-state index in [4.69, 9.17) is 15.2 Å². The number of ether oxygens (including phenoxy) is 2. The maximum atomic E-state index is 13.6. The molecule has 0 aliphatic heterocycles. The Balaban J connectivity index is 2.41. The van der Waals surface area contributed by atoms with Gasteiger partial charge in [-0.2, -0.15) is 4.98 Å². The largest absolute Gasteiger partial charge is 0.480 e. The molecule has 5 nitrogen and oxygen atoms in total. The van der Waals surface area contributed by atoms with Crippen molar-refractivity contribution < 1.29 is 13.9 Å². The summed E-state index contributed by atoms with van der Waals surface area (Å²) in [6.07, 6.45) is 1.44. The van der Waals surface area contributed by atoms with Gasteiger partial charge < -0.3 is 15.2 Å². The molecule has 0 saturated carbocycles. The summed E-state index contributed by atoms with van der Waals surface area (Å²) in [6.45, 7) is 0. The lowest BCUT2D eigenvalue weighted by Gasteiger charge is -2.15. The summed E-state index contributed by atoms with van der Waals surface area (Å²) < 4.78 is 24.1. The third-order valence-electron chi connectivity index (χ3n) is 2.74. The molecule has 20 heavy (non-hydrogen) atoms. The summed E-state index contributed by atoms with van der Waals surface area (Å²) >= 11 is 3.10. The van der Waals surface area contributed by atoms with Gasteiger partial charge in [0.25, 0.3) is 0 Å². The molecule has 0 bridgehead atoms. The highest BCUT2D eigenvalue weighted by atomic mass is 79.9. The molecule has 0 radical (unpaired) electrons. The third kappa shape index (κ3) is 2.88. The van der Waals surface area contributed by atoms with Gasteiger partial charge in [-0.25, -0.2) is 9.37 Å². The van der Waals surface area contributed by atoms with Gasteiger partial charge in [-0.15, -0.1) is 0 Å². The van der Waals surface area contributed by atoms with Crippen molar-refractivity contribution in [3.05, 3.63) is 45.9 Å². The van der Waals surface area contributed by atoms with Gasteiger partial charge in [0.15, 0.2) is 0 Å². The smallest absolute Gasteiger partial charge is 0.240 e. The summed E-state index contributed by atoms with van der Waals surface area (Å²) in [5, 5.41) is 0. The molecule has 1 unspecified atom stereocenters. The molecule has 106 valence electrons. The Morgan fingerprint density at radius 1 is 1.30 bits per heavy atom. The Labute approximate surface area is 124 Å². The number of aromatic nitrogens is 2. The predicted octanol–water partition coefficient (Wildman–Crippen LogP) is 2.44. The van der Waals surface area contributed by atoms with Crippen LogP contribution in [0.1, 0.15) is 17.3 Å². The molecule has 1 atom stereocenters. The predicted molar refractivity (Wildman–Crippen MR) is 75.3 cm³/mol. The quantitative estimate of drug-likeness (QED) is 0.924. The highest BCUT2D eigenvalue weighted by Gasteiger charge is 2.19. The summed E-state index contributed by atoms with van der Waals surface area (Å²) in [5.74, 6) is 0.179. The van der Waals surface area contributed by atoms with Crippen molar-refractivity contribution in [2.75, 3.05) is 14.2 Å². The van der Waals surface area contributed by atoms with E-state index in [1.807, 2.05) is 0 Å². The van der Waals surface area contributed by atoms with E-state index in [1.54, 1.807) is 12.1 Å². The normalized spacial score (nSPS) is 12.1. The fourth-order valence-corrected chi connectivity index (χ4v) is 1.94. The summed E-state index contributed by atoms with van der Waals surface area (Å²) in [7, 11) is 2.94. The number of hydrogen-bond acceptors (Lipinski definition) is 5. The van der Waals surface area contributed by atoms with Gasteiger partial charge in [-0.05, 0) is 33.6 Å². The zero-order valence-electron chi connectivity index (χ0n) is 10.9. The minimum absolute atomic E-state index is 0.250. The molecule has 0 aliphatic carbocycles. The first-order valence-electron chi connectivity index (χ1n) is 5.72. The van der Waals surface area contributed by atoms with Crippen molar-refractivity contribution >= 4 is 15.9 Å². The molecule has 1 aromatic carbocycles. The maximum Gasteiger partial charge on any atom is 0.240 e. The fraction of sp³-hybridized carbons (Fsp3) is 0.231. The second-order valence-corrected chi connectivity index (χ2v) is 4.81. The van der Waals surface area contributed by atoms with Gasteiger partial charge in [-0.3, -0.25) is 0 Å². The van der Waals surface area contributed by atoms with E-state index in [0.29, 0.717) is 21.6 Å². The van der Waals surface area contributed by atoms with Crippen LogP contribution in [0, 0.1) is 5.82 Å². The van der Waals surface area contributed by atoms with Crippen LogP contribution in [0.4, 0.5) is 4.39 Å². The van der Waals surface area contributed by atoms with E-state index in [9.17, 15) is 4.39 Å². The zero-order valence-corrected chi connectivity index (χ0v) is 12.5. The topological polar surface area (TPSA) is 70.3 Å². The number of benzene rings is 1. The minimum atomic E-state index is -0.647. The Morgan fingerprint density at radius 3 is 2.65 bits per heavy atom. The van der Waals surface area contributed by atoms with Crippen molar-refractivity contribution in [2.24, 2.45) is 5.73 Å². The first-order valence-corrected chi connectivity index (χ1v) is 6.51. The molecular weight excluding hydrogens is 329 g/mol. The van der Waals surface area contributed by atoms with Crippen LogP contribution < -0.4 is 15.2 Å². The number of hydrogen-bond donors (Lipinski definition) is 1. The number of nitrogens with two attached hydrogens (primary N) is 1. The van der Waals surface area contributed by atoms with Gasteiger partial charge >= 0.3 is 0 Å². The Bertz CT molecular complexity index is 625. The average molecular weight is 342 g/mol. The standard InChI is InChI=1S/C13H13BrFN3O2/c1-19-10-6-17-12(13(18-10)20-2)11(16)7-3-4-8(14)9(15)5-7/h3-6,11H,16H2,1-2H3. The first-order chi connectivity index (χ1) is 9.56. The van der Waals surface area contributed by atoms with Crippen LogP contribution >= 0.6 is 15.9 Å². The van der Waals surface area contributed by atoms with E-state index in [2.05, 4.69) is 25.9 Å². The molecule has 7 heteroatoms. The van der Waals surface area contributed by atoms with Crippen molar-refractivity contribution in [1.29, 1.82) is 0 Å². The van der Waals surface area contributed by atoms with Gasteiger partial charge in [0.2, 0.25) is 11.8 Å². The van der Waals surface area contributed by atoms with E-state index in [0.717, 1.165) is 0 Å². The highest BCUT2D eigenvalue weighted by Crippen LogP contribution is 2.28. The number of nitrogens with zero attached hydrogens (tertiary/aromatic N) is 2. The Hall–Kier alpha value is -1.73. The monoisotopic (exact) mass is 341 g/mol. The van der Waals surface area contributed by atoms with E-state index < -0.39 is 11.9 Å². The first kappa shape index (κ1) is 14.7. The van der Waals surface area contributed by atoms with Crippen molar-refractivity contribution in [3.8, 4) is 11.8 Å². The van der Waals surface area contributed by atoms with Crippen LogP contribution in [0.2, 0.25) is 0 Å². The van der Waals surface area contributed by atoms with Crippen LogP contribution in [-0.4, -0.2) is 24.2 Å². The lowest BCUT2D eigenvalue weighted by Crippen LogP contribution is -2.16. The average Bonchev–Trinajstić information content (AvgIpc) is 2.48. The molecule has 1 aromatic heterocycles. The molecular formula is C13H13BrFN3O2. The van der Waals surface area contributed by atoms with Crippen LogP contribution in [-0.2, 0) is 0 Å². The molecule has 0 amide bonds. The van der Waals surface area contributed by atoms with Crippen LogP contribution in [0.15, 0.2) is 28.9 Å². The van der Waals surface area contributed by atoms with Crippen molar-refractivity contribution in [1.82, 2.24) is 9.97 Å². The SMILES string of the molecule is COc1cnc(C(N)c2ccc(Br)c(F)c2)c(OC)n1. The molecule has 2 N–H and O–H groups in total. The van der Waals surface area contributed by atoms with Crippen molar-refractivity contribution in [2.45, 2.75) is 6.04 Å². The summed E-state index contributed by atoms with van der Waals surface area (Å²) in [5.41, 5.74) is 7.08. The summed E-state index contributed by atoms with van der Waals surface area (Å²) in [4.78, 5) is 8.28. The molecule has 0 fully saturated rings. The van der Waals surface area contributed by atoms with Crippen molar-refractivity contribution in [3.63, 3.8) is 0 Å². The van der Waals surface area contributed by atoms with Gasteiger partial charge in [0.1, 0.15) is 11.5 Å². The third-order valence-corrected chi connectivity index (χ3v) is 3.39. The van der Waals surface area contributed by atoms with Crippen LogP contribution in [0.3, 0.4) is 0 Å². The maximum absolute atomic E-state index is 13.6. The molecule has 2 aromatic rings. The zero-order chi connectivity index (χ0) is 14.7. The number of methoxy groups -OCH3 is 2. The highest BCUT2D eigenvalue weighted by molar-refractivity contribution is 9.10. The summed E-state index contributed by atoms with van der Waals surface area (Å²) in [6, 6.07) is 4.00. The second-order valence-electron chi connectivity index (χ2n) is 3.96. The molecule has 2 rings (SSSR count). The number of halogens is 2. The molecule has 0 saturated heterocycles. The molecule has 1 heterocycles. The van der Waals surface area contributed by atoms with E-state index in [-0.39, 0.29) is 5.88 Å².